The van der Waals surface area contributed by atoms with Gasteiger partial charge in [0.15, 0.2) is 17.9 Å². The fourth-order valence-electron chi connectivity index (χ4n) is 8.13. The standard InChI is InChI=1S/C32H47N7O4/c1-5-28(40)39-17-16-38(19-22(39)12-14-33)30-24-11-13-32(21-37(3)26-9-6-10-27(41-4)29(26)43-32)18-25(24)34-31(35-30)42-20-23-8-7-15-36(23)2/h5-6,9-10,22-25,30-31,34-35H,1,7-8,11-13,15-21H2,2-4H3/t22?,23?,24?,25?,30?,31?,32-/m1/s1. The summed E-state index contributed by atoms with van der Waals surface area (Å²) in [7, 11) is 6.01. The van der Waals surface area contributed by atoms with Crippen LogP contribution in [-0.2, 0) is 9.53 Å². The van der Waals surface area contributed by atoms with Crippen molar-refractivity contribution in [2.75, 3.05) is 65.4 Å². The lowest BCUT2D eigenvalue weighted by molar-refractivity contribution is -0.139. The molecule has 1 spiro atoms. The van der Waals surface area contributed by atoms with Crippen molar-refractivity contribution in [2.45, 2.75) is 74.8 Å². The molecule has 0 bridgehead atoms. The molecule has 4 fully saturated rings. The lowest BCUT2D eigenvalue weighted by atomic mass is 9.72. The van der Waals surface area contributed by atoms with Gasteiger partial charge in [-0.3, -0.25) is 20.3 Å². The normalized spacial score (nSPS) is 34.7. The Morgan fingerprint density at radius 3 is 2.84 bits per heavy atom. The molecule has 234 valence electrons. The number of likely N-dealkylation sites (tertiary alicyclic amines) is 1. The quantitative estimate of drug-likeness (QED) is 0.456. The molecule has 3 saturated heterocycles. The van der Waals surface area contributed by atoms with Crippen LogP contribution in [0.2, 0.25) is 0 Å². The molecule has 1 aromatic carbocycles. The Morgan fingerprint density at radius 1 is 1.23 bits per heavy atom. The lowest BCUT2D eigenvalue weighted by Gasteiger charge is -2.56. The zero-order valence-corrected chi connectivity index (χ0v) is 25.8. The number of nitrogens with zero attached hydrogens (tertiary/aromatic N) is 5. The number of rotatable bonds is 7. The Morgan fingerprint density at radius 2 is 2.09 bits per heavy atom. The van der Waals surface area contributed by atoms with Crippen LogP contribution in [0.3, 0.4) is 0 Å². The maximum absolute atomic E-state index is 12.6. The smallest absolute Gasteiger partial charge is 0.246 e. The number of methoxy groups -OCH3 is 1. The third-order valence-corrected chi connectivity index (χ3v) is 10.4. The number of para-hydroxylation sites is 1. The van der Waals surface area contributed by atoms with E-state index in [0.29, 0.717) is 38.1 Å². The molecular formula is C32H47N7O4. The number of benzene rings is 1. The number of nitrogens with one attached hydrogen (secondary N) is 2. The van der Waals surface area contributed by atoms with Gasteiger partial charge in [-0.05, 0) is 57.5 Å². The molecule has 6 unspecified atom stereocenters. The average molecular weight is 594 g/mol. The van der Waals surface area contributed by atoms with E-state index in [9.17, 15) is 10.1 Å². The summed E-state index contributed by atoms with van der Waals surface area (Å²) in [6, 6.07) is 8.79. The zero-order chi connectivity index (χ0) is 30.1. The summed E-state index contributed by atoms with van der Waals surface area (Å²) in [6.45, 7) is 8.21. The number of anilines is 1. The summed E-state index contributed by atoms with van der Waals surface area (Å²) in [5.41, 5.74) is 0.710. The Hall–Kier alpha value is -2.88. The van der Waals surface area contributed by atoms with Gasteiger partial charge >= 0.3 is 0 Å². The van der Waals surface area contributed by atoms with Crippen molar-refractivity contribution < 1.29 is 19.0 Å². The number of carbonyl (C=O) groups excluding carboxylic acids is 1. The molecular weight excluding hydrogens is 546 g/mol. The van der Waals surface area contributed by atoms with Gasteiger partial charge in [0.1, 0.15) is 5.60 Å². The molecule has 4 heterocycles. The SMILES string of the molecule is C=CC(=O)N1CCN(C2NC(OCC3CCCN3C)NC3C[C@]4(CCC32)CN(C)c2cccc(OC)c2O4)CC1CC#N. The minimum atomic E-state index is -0.346. The minimum absolute atomic E-state index is 0.0558. The maximum atomic E-state index is 12.6. The highest BCUT2D eigenvalue weighted by atomic mass is 16.5. The Bertz CT molecular complexity index is 1220. The Labute approximate surface area is 255 Å². The third kappa shape index (κ3) is 5.96. The highest BCUT2D eigenvalue weighted by Gasteiger charge is 2.52. The summed E-state index contributed by atoms with van der Waals surface area (Å²) in [5.74, 6) is 1.80. The van der Waals surface area contributed by atoms with Crippen molar-refractivity contribution in [3.63, 3.8) is 0 Å². The number of carbonyl (C=O) groups is 1. The first-order valence-electron chi connectivity index (χ1n) is 15.8. The molecule has 2 N–H and O–H groups in total. The van der Waals surface area contributed by atoms with E-state index < -0.39 is 0 Å². The number of amides is 1. The van der Waals surface area contributed by atoms with Crippen LogP contribution in [0.25, 0.3) is 0 Å². The van der Waals surface area contributed by atoms with Crippen molar-refractivity contribution in [3.05, 3.63) is 30.9 Å². The first kappa shape index (κ1) is 30.2. The molecule has 1 saturated carbocycles. The lowest BCUT2D eigenvalue weighted by Crippen LogP contribution is -2.73. The van der Waals surface area contributed by atoms with E-state index >= 15 is 0 Å². The molecule has 0 radical (unpaired) electrons. The predicted molar refractivity (Wildman–Crippen MR) is 164 cm³/mol. The van der Waals surface area contributed by atoms with Crippen molar-refractivity contribution >= 4 is 11.6 Å². The highest BCUT2D eigenvalue weighted by molar-refractivity contribution is 5.87. The number of fused-ring (bicyclic) bond motifs is 2. The topological polar surface area (TPSA) is 106 Å². The van der Waals surface area contributed by atoms with Gasteiger partial charge in [-0.25, -0.2) is 0 Å². The van der Waals surface area contributed by atoms with Crippen molar-refractivity contribution in [2.24, 2.45) is 5.92 Å². The Balaban J connectivity index is 1.23. The van der Waals surface area contributed by atoms with Crippen LogP contribution in [0.15, 0.2) is 30.9 Å². The van der Waals surface area contributed by atoms with E-state index in [1.165, 1.54) is 12.5 Å². The molecule has 1 amide bonds. The Kier molecular flexibility index (Phi) is 8.85. The number of nitriles is 1. The van der Waals surface area contributed by atoms with Gasteiger partial charge < -0.3 is 28.9 Å². The van der Waals surface area contributed by atoms with Crippen LogP contribution < -0.4 is 25.0 Å². The van der Waals surface area contributed by atoms with E-state index in [2.05, 4.69) is 58.1 Å². The second kappa shape index (κ2) is 12.6. The monoisotopic (exact) mass is 593 g/mol. The summed E-state index contributed by atoms with van der Waals surface area (Å²) >= 11 is 0. The molecule has 11 nitrogen and oxygen atoms in total. The average Bonchev–Trinajstić information content (AvgIpc) is 3.43. The number of likely N-dealkylation sites (N-methyl/N-ethyl adjacent to an activating group) is 2. The van der Waals surface area contributed by atoms with E-state index in [1.54, 1.807) is 7.11 Å². The van der Waals surface area contributed by atoms with Gasteiger partial charge in [0.2, 0.25) is 5.91 Å². The second-order valence-electron chi connectivity index (χ2n) is 13.0. The molecule has 43 heavy (non-hydrogen) atoms. The highest BCUT2D eigenvalue weighted by Crippen LogP contribution is 2.49. The van der Waals surface area contributed by atoms with Gasteiger partial charge in [-0.2, -0.15) is 5.26 Å². The summed E-state index contributed by atoms with van der Waals surface area (Å²) in [4.78, 5) is 21.5. The zero-order valence-electron chi connectivity index (χ0n) is 25.8. The molecule has 7 atom stereocenters. The van der Waals surface area contributed by atoms with E-state index in [0.717, 1.165) is 62.5 Å². The van der Waals surface area contributed by atoms with Crippen LogP contribution in [-0.4, -0.2) is 117 Å². The number of hydrogen-bond donors (Lipinski definition) is 2. The summed E-state index contributed by atoms with van der Waals surface area (Å²) < 4.78 is 19.2. The van der Waals surface area contributed by atoms with E-state index in [4.69, 9.17) is 14.2 Å². The summed E-state index contributed by atoms with van der Waals surface area (Å²) in [6.07, 6.45) is 6.50. The maximum Gasteiger partial charge on any atom is 0.246 e. The van der Waals surface area contributed by atoms with Gasteiger partial charge in [-0.15, -0.1) is 0 Å². The molecule has 6 rings (SSSR count). The van der Waals surface area contributed by atoms with Gasteiger partial charge in [0, 0.05) is 51.1 Å². The van der Waals surface area contributed by atoms with Crippen molar-refractivity contribution in [1.29, 1.82) is 5.26 Å². The molecule has 1 aliphatic carbocycles. The second-order valence-corrected chi connectivity index (χ2v) is 13.0. The number of hydrogen-bond acceptors (Lipinski definition) is 10. The first-order chi connectivity index (χ1) is 20.8. The van der Waals surface area contributed by atoms with Crippen LogP contribution in [0.5, 0.6) is 11.5 Å². The van der Waals surface area contributed by atoms with Crippen molar-refractivity contribution in [1.82, 2.24) is 25.3 Å². The van der Waals surface area contributed by atoms with Gasteiger partial charge in [0.25, 0.3) is 0 Å². The van der Waals surface area contributed by atoms with E-state index in [-0.39, 0.29) is 36.1 Å². The summed E-state index contributed by atoms with van der Waals surface area (Å²) in [5, 5.41) is 17.2. The molecule has 5 aliphatic rings. The molecule has 11 heteroatoms. The predicted octanol–water partition coefficient (Wildman–Crippen LogP) is 1.96. The third-order valence-electron chi connectivity index (χ3n) is 10.4. The first-order valence-corrected chi connectivity index (χ1v) is 15.8. The number of ether oxygens (including phenoxy) is 3. The number of piperazine rings is 1. The van der Waals surface area contributed by atoms with Gasteiger partial charge in [0.05, 0.1) is 50.6 Å². The fourth-order valence-corrected chi connectivity index (χ4v) is 8.13. The minimum Gasteiger partial charge on any atom is -0.493 e. The largest absolute Gasteiger partial charge is 0.493 e. The van der Waals surface area contributed by atoms with Crippen LogP contribution in [0.1, 0.15) is 38.5 Å². The van der Waals surface area contributed by atoms with Crippen LogP contribution in [0, 0.1) is 17.2 Å². The van der Waals surface area contributed by atoms with Crippen molar-refractivity contribution in [3.8, 4) is 17.6 Å². The molecule has 0 aromatic heterocycles. The van der Waals surface area contributed by atoms with Crippen LogP contribution in [0.4, 0.5) is 5.69 Å². The van der Waals surface area contributed by atoms with E-state index in [1.807, 2.05) is 17.0 Å². The molecule has 1 aromatic rings. The fraction of sp³-hybridized carbons (Fsp3) is 0.688. The molecule has 4 aliphatic heterocycles. The van der Waals surface area contributed by atoms with Gasteiger partial charge in [-0.1, -0.05) is 12.6 Å². The van der Waals surface area contributed by atoms with Crippen LogP contribution >= 0.6 is 0 Å².